The van der Waals surface area contributed by atoms with E-state index < -0.39 is 5.97 Å². The van der Waals surface area contributed by atoms with Gasteiger partial charge in [0.25, 0.3) is 0 Å². The lowest BCUT2D eigenvalue weighted by atomic mass is 9.71. The van der Waals surface area contributed by atoms with Crippen LogP contribution in [0.2, 0.25) is 0 Å². The number of nitrogens with zero attached hydrogens (tertiary/aromatic N) is 2. The Labute approximate surface area is 101 Å². The van der Waals surface area contributed by atoms with Gasteiger partial charge in [0, 0.05) is 11.0 Å². The molecular weight excluding hydrogens is 247 g/mol. The zero-order chi connectivity index (χ0) is 12.0. The average Bonchev–Trinajstić information content (AvgIpc) is 2.64. The van der Waals surface area contributed by atoms with Crippen LogP contribution in [0.5, 0.6) is 0 Å². The summed E-state index contributed by atoms with van der Waals surface area (Å²) in [6, 6.07) is 0. The third-order valence-electron chi connectivity index (χ3n) is 3.58. The molecule has 1 spiro atoms. The van der Waals surface area contributed by atoms with Crippen molar-refractivity contribution >= 4 is 18.3 Å². The van der Waals surface area contributed by atoms with Crippen LogP contribution in [0.15, 0.2) is 0 Å². The van der Waals surface area contributed by atoms with E-state index >= 15 is 0 Å². The van der Waals surface area contributed by atoms with Crippen molar-refractivity contribution in [2.45, 2.75) is 19.3 Å². The summed E-state index contributed by atoms with van der Waals surface area (Å²) in [5.41, 5.74) is 1.42. The van der Waals surface area contributed by atoms with Gasteiger partial charge in [-0.15, -0.1) is 3.89 Å². The number of halogens is 1. The molecule has 0 atom stereocenters. The minimum Gasteiger partial charge on any atom is -0.476 e. The Hall–Kier alpha value is -1.08. The highest BCUT2D eigenvalue weighted by Gasteiger charge is 2.44. The third kappa shape index (κ3) is 1.56. The van der Waals surface area contributed by atoms with Gasteiger partial charge in [0.1, 0.15) is 0 Å². The zero-order valence-corrected chi connectivity index (χ0v) is 9.80. The Balaban J connectivity index is 2.04. The van der Waals surface area contributed by atoms with Crippen molar-refractivity contribution in [1.29, 1.82) is 0 Å². The van der Waals surface area contributed by atoms with Crippen LogP contribution in [0.1, 0.15) is 28.2 Å². The zero-order valence-electron chi connectivity index (χ0n) is 8.98. The van der Waals surface area contributed by atoms with Crippen LogP contribution >= 0.6 is 12.3 Å². The molecule has 2 heterocycles. The molecule has 1 aromatic rings. The van der Waals surface area contributed by atoms with Crippen molar-refractivity contribution in [3.05, 3.63) is 17.0 Å². The molecule has 0 aromatic carbocycles. The first kappa shape index (κ1) is 11.0. The normalized spacial score (nSPS) is 21.0. The lowest BCUT2D eigenvalue weighted by Gasteiger charge is -2.44. The van der Waals surface area contributed by atoms with Gasteiger partial charge in [-0.25, -0.2) is 4.79 Å². The lowest BCUT2D eigenvalue weighted by Crippen LogP contribution is -2.46. The molecular formula is C10H11FN2O3S. The quantitative estimate of drug-likeness (QED) is 0.870. The fraction of sp³-hybridized carbons (Fsp3) is 0.600. The molecule has 2 aliphatic rings. The van der Waals surface area contributed by atoms with Crippen LogP contribution in [0, 0.1) is 5.41 Å². The maximum absolute atomic E-state index is 12.7. The van der Waals surface area contributed by atoms with Crippen LogP contribution in [-0.4, -0.2) is 33.5 Å². The largest absolute Gasteiger partial charge is 0.476 e. The molecule has 7 heteroatoms. The van der Waals surface area contributed by atoms with Crippen molar-refractivity contribution in [3.63, 3.8) is 0 Å². The topological polar surface area (TPSA) is 64.3 Å². The van der Waals surface area contributed by atoms with E-state index in [0.717, 1.165) is 10.5 Å². The van der Waals surface area contributed by atoms with E-state index in [1.54, 1.807) is 0 Å². The molecule has 0 saturated carbocycles. The molecule has 1 aliphatic heterocycles. The van der Waals surface area contributed by atoms with Gasteiger partial charge < -0.3 is 9.84 Å². The van der Waals surface area contributed by atoms with Crippen LogP contribution < -0.4 is 0 Å². The van der Waals surface area contributed by atoms with Gasteiger partial charge in [0.15, 0.2) is 18.0 Å². The molecule has 0 radical (unpaired) electrons. The van der Waals surface area contributed by atoms with Gasteiger partial charge in [0.2, 0.25) is 0 Å². The molecule has 1 fully saturated rings. The van der Waals surface area contributed by atoms with E-state index in [9.17, 15) is 8.68 Å². The second-order valence-corrected chi connectivity index (χ2v) is 5.17. The number of hydrogen-bond acceptors (Lipinski definition) is 4. The smallest absolute Gasteiger partial charge is 0.356 e. The minimum atomic E-state index is -1.09. The van der Waals surface area contributed by atoms with Gasteiger partial charge >= 0.3 is 5.97 Å². The molecule has 5 nitrogen and oxygen atoms in total. The van der Waals surface area contributed by atoms with E-state index in [2.05, 4.69) is 5.10 Å². The highest BCUT2D eigenvalue weighted by molar-refractivity contribution is 7.92. The van der Waals surface area contributed by atoms with E-state index in [4.69, 9.17) is 9.84 Å². The van der Waals surface area contributed by atoms with Gasteiger partial charge in [-0.05, 0) is 19.3 Å². The Bertz CT molecular complexity index is 484. The molecule has 0 bridgehead atoms. The fourth-order valence-electron chi connectivity index (χ4n) is 2.61. The maximum Gasteiger partial charge on any atom is 0.356 e. The van der Waals surface area contributed by atoms with E-state index in [-0.39, 0.29) is 23.4 Å². The van der Waals surface area contributed by atoms with E-state index in [0.29, 0.717) is 37.3 Å². The van der Waals surface area contributed by atoms with Crippen LogP contribution in [-0.2, 0) is 17.6 Å². The summed E-state index contributed by atoms with van der Waals surface area (Å²) in [4.78, 5) is 11.1. The van der Waals surface area contributed by atoms with Crippen molar-refractivity contribution in [3.8, 4) is 0 Å². The standard InChI is InChI=1S/C10H11FN2O3S/c11-17-13-7-1-2-10(4-16-5-10)3-6(7)8(12-13)9(14)15/h1-5H2,(H,14,15). The summed E-state index contributed by atoms with van der Waals surface area (Å²) in [6.45, 7) is 1.33. The summed E-state index contributed by atoms with van der Waals surface area (Å²) in [5, 5.41) is 12.9. The van der Waals surface area contributed by atoms with Crippen molar-refractivity contribution in [2.24, 2.45) is 5.41 Å². The first-order valence-electron chi connectivity index (χ1n) is 5.36. The maximum atomic E-state index is 12.7. The number of carbonyl (C=O) groups is 1. The molecule has 3 rings (SSSR count). The number of fused-ring (bicyclic) bond motifs is 1. The average molecular weight is 258 g/mol. The first-order chi connectivity index (χ1) is 8.15. The van der Waals surface area contributed by atoms with E-state index in [1.807, 2.05) is 0 Å². The van der Waals surface area contributed by atoms with Gasteiger partial charge in [-0.3, -0.25) is 0 Å². The van der Waals surface area contributed by atoms with Crippen LogP contribution in [0.3, 0.4) is 0 Å². The highest BCUT2D eigenvalue weighted by atomic mass is 32.2. The molecule has 1 aromatic heterocycles. The third-order valence-corrected chi connectivity index (χ3v) is 4.02. The summed E-state index contributed by atoms with van der Waals surface area (Å²) >= 11 is -0.0416. The predicted molar refractivity (Wildman–Crippen MR) is 58.6 cm³/mol. The number of carboxylic acids is 1. The highest BCUT2D eigenvalue weighted by Crippen LogP contribution is 2.42. The van der Waals surface area contributed by atoms with E-state index in [1.165, 1.54) is 0 Å². The monoisotopic (exact) mass is 258 g/mol. The number of ether oxygens (including phenoxy) is 1. The summed E-state index contributed by atoms with van der Waals surface area (Å²) in [6.07, 6.45) is 2.20. The second-order valence-electron chi connectivity index (χ2n) is 4.69. The Morgan fingerprint density at radius 3 is 2.88 bits per heavy atom. The van der Waals surface area contributed by atoms with Crippen LogP contribution in [0.25, 0.3) is 0 Å². The summed E-state index contributed by atoms with van der Waals surface area (Å²) in [5.74, 6) is -1.09. The molecule has 0 amide bonds. The molecule has 92 valence electrons. The number of hydrogen-bond donors (Lipinski definition) is 1. The molecule has 1 saturated heterocycles. The Morgan fingerprint density at radius 1 is 1.59 bits per heavy atom. The summed E-state index contributed by atoms with van der Waals surface area (Å²) in [7, 11) is 0. The number of aromatic nitrogens is 2. The number of carboxylic acid groups (broad SMARTS) is 1. The minimum absolute atomic E-state index is 0.0175. The van der Waals surface area contributed by atoms with Crippen LogP contribution in [0.4, 0.5) is 3.89 Å². The van der Waals surface area contributed by atoms with Crippen molar-refractivity contribution in [2.75, 3.05) is 13.2 Å². The number of aromatic carboxylic acids is 1. The predicted octanol–water partition coefficient (Wildman–Crippen LogP) is 1.47. The Morgan fingerprint density at radius 2 is 2.35 bits per heavy atom. The molecule has 1 N–H and O–H groups in total. The SMILES string of the molecule is O=C(O)c1nn(SF)c2c1CC1(CC2)COC1. The summed E-state index contributed by atoms with van der Waals surface area (Å²) < 4.78 is 19.0. The van der Waals surface area contributed by atoms with Crippen molar-refractivity contribution in [1.82, 2.24) is 9.19 Å². The van der Waals surface area contributed by atoms with Gasteiger partial charge in [-0.1, -0.05) is 0 Å². The fourth-order valence-corrected chi connectivity index (χ4v) is 3.01. The first-order valence-corrected chi connectivity index (χ1v) is 6.03. The molecule has 17 heavy (non-hydrogen) atoms. The second kappa shape index (κ2) is 3.71. The number of rotatable bonds is 2. The molecule has 0 unspecified atom stereocenters. The Kier molecular flexibility index (Phi) is 2.41. The lowest BCUT2D eigenvalue weighted by molar-refractivity contribution is -0.119. The van der Waals surface area contributed by atoms with Crippen molar-refractivity contribution < 1.29 is 18.5 Å². The molecule has 1 aliphatic carbocycles. The van der Waals surface area contributed by atoms with Gasteiger partial charge in [0.05, 0.1) is 18.9 Å². The van der Waals surface area contributed by atoms with Gasteiger partial charge in [-0.2, -0.15) is 9.19 Å².